The molecule has 140 valence electrons. The summed E-state index contributed by atoms with van der Waals surface area (Å²) in [4.78, 5) is 7.24. The first-order valence-electron chi connectivity index (χ1n) is 9.79. The third-order valence-corrected chi connectivity index (χ3v) is 5.90. The average Bonchev–Trinajstić information content (AvgIpc) is 3.09. The molecule has 1 aromatic carbocycles. The van der Waals surface area contributed by atoms with Crippen molar-refractivity contribution in [3.63, 3.8) is 0 Å². The minimum Gasteiger partial charge on any atom is -0.391 e. The number of aryl methyl sites for hydroxylation is 1. The SMILES string of the molecule is O[C@H]1CCCN(c2c3c(nc4cc(-c5cccc(Cl)c5)nn24)CCCC3)C1. The van der Waals surface area contributed by atoms with Gasteiger partial charge in [-0.1, -0.05) is 23.7 Å². The van der Waals surface area contributed by atoms with Crippen LogP contribution in [0, 0.1) is 0 Å². The van der Waals surface area contributed by atoms with Crippen LogP contribution in [-0.4, -0.2) is 38.9 Å². The molecule has 1 saturated heterocycles. The molecule has 1 aliphatic heterocycles. The molecule has 6 heteroatoms. The number of benzene rings is 1. The molecular weight excluding hydrogens is 360 g/mol. The van der Waals surface area contributed by atoms with Crippen molar-refractivity contribution in [2.24, 2.45) is 0 Å². The van der Waals surface area contributed by atoms with Crippen molar-refractivity contribution in [2.45, 2.75) is 44.6 Å². The van der Waals surface area contributed by atoms with Gasteiger partial charge in [-0.25, -0.2) is 4.98 Å². The first-order chi connectivity index (χ1) is 13.2. The van der Waals surface area contributed by atoms with Gasteiger partial charge in [-0.15, -0.1) is 0 Å². The van der Waals surface area contributed by atoms with E-state index in [1.807, 2.05) is 34.8 Å². The lowest BCUT2D eigenvalue weighted by molar-refractivity contribution is 0.153. The molecule has 5 rings (SSSR count). The van der Waals surface area contributed by atoms with E-state index in [9.17, 15) is 5.11 Å². The van der Waals surface area contributed by atoms with Crippen LogP contribution < -0.4 is 4.90 Å². The molecule has 3 heterocycles. The van der Waals surface area contributed by atoms with E-state index < -0.39 is 0 Å². The van der Waals surface area contributed by atoms with E-state index in [0.717, 1.165) is 55.0 Å². The molecule has 0 radical (unpaired) electrons. The van der Waals surface area contributed by atoms with E-state index in [1.165, 1.54) is 24.1 Å². The quantitative estimate of drug-likeness (QED) is 0.730. The minimum atomic E-state index is -0.274. The predicted octanol–water partition coefficient (Wildman–Crippen LogP) is 3.89. The molecular formula is C21H23ClN4O. The molecule has 0 amide bonds. The fraction of sp³-hybridized carbons (Fsp3) is 0.429. The van der Waals surface area contributed by atoms with Crippen LogP contribution in [0.5, 0.6) is 0 Å². The molecule has 1 atom stereocenters. The Kier molecular flexibility index (Phi) is 4.29. The van der Waals surface area contributed by atoms with E-state index in [4.69, 9.17) is 21.7 Å². The van der Waals surface area contributed by atoms with Gasteiger partial charge in [0.2, 0.25) is 0 Å². The van der Waals surface area contributed by atoms with E-state index >= 15 is 0 Å². The fourth-order valence-corrected chi connectivity index (χ4v) is 4.58. The molecule has 2 aromatic heterocycles. The highest BCUT2D eigenvalue weighted by Crippen LogP contribution is 2.33. The lowest BCUT2D eigenvalue weighted by Gasteiger charge is -2.34. The maximum absolute atomic E-state index is 10.2. The Hall–Kier alpha value is -2.11. The number of nitrogens with zero attached hydrogens (tertiary/aromatic N) is 4. The number of hydrogen-bond acceptors (Lipinski definition) is 4. The molecule has 0 saturated carbocycles. The number of anilines is 1. The predicted molar refractivity (Wildman–Crippen MR) is 108 cm³/mol. The third-order valence-electron chi connectivity index (χ3n) is 5.67. The summed E-state index contributed by atoms with van der Waals surface area (Å²) in [7, 11) is 0. The maximum atomic E-state index is 10.2. The van der Waals surface area contributed by atoms with Gasteiger partial charge in [-0.3, -0.25) is 0 Å². The summed E-state index contributed by atoms with van der Waals surface area (Å²) in [6, 6.07) is 9.83. The molecule has 5 nitrogen and oxygen atoms in total. The van der Waals surface area contributed by atoms with Crippen LogP contribution in [0.15, 0.2) is 30.3 Å². The Morgan fingerprint density at radius 3 is 2.85 bits per heavy atom. The smallest absolute Gasteiger partial charge is 0.158 e. The van der Waals surface area contributed by atoms with Crippen molar-refractivity contribution in [2.75, 3.05) is 18.0 Å². The van der Waals surface area contributed by atoms with Crippen molar-refractivity contribution in [1.29, 1.82) is 0 Å². The molecule has 0 unspecified atom stereocenters. The van der Waals surface area contributed by atoms with Gasteiger partial charge in [0.15, 0.2) is 5.65 Å². The molecule has 1 N–H and O–H groups in total. The molecule has 3 aromatic rings. The Morgan fingerprint density at radius 2 is 2.00 bits per heavy atom. The highest BCUT2D eigenvalue weighted by atomic mass is 35.5. The summed E-state index contributed by atoms with van der Waals surface area (Å²) in [5.41, 5.74) is 5.26. The number of piperidine rings is 1. The number of aliphatic hydroxyl groups excluding tert-OH is 1. The molecule has 0 bridgehead atoms. The fourth-order valence-electron chi connectivity index (χ4n) is 4.39. The number of β-amino-alcohol motifs (C(OH)–C–C–N with tert-alkyl or cyclic N) is 1. The Labute approximate surface area is 163 Å². The zero-order valence-corrected chi connectivity index (χ0v) is 16.0. The highest BCUT2D eigenvalue weighted by Gasteiger charge is 2.27. The second kappa shape index (κ2) is 6.80. The summed E-state index contributed by atoms with van der Waals surface area (Å²) in [5, 5.41) is 15.8. The van der Waals surface area contributed by atoms with Crippen molar-refractivity contribution >= 4 is 23.1 Å². The maximum Gasteiger partial charge on any atom is 0.158 e. The van der Waals surface area contributed by atoms with Crippen molar-refractivity contribution in [3.8, 4) is 11.3 Å². The third kappa shape index (κ3) is 3.09. The summed E-state index contributed by atoms with van der Waals surface area (Å²) in [5.74, 6) is 1.13. The number of hydrogen-bond donors (Lipinski definition) is 1. The summed E-state index contributed by atoms with van der Waals surface area (Å²) in [6.07, 6.45) is 6.03. The normalized spacial score (nSPS) is 20.1. The second-order valence-corrected chi connectivity index (χ2v) is 8.06. The van der Waals surface area contributed by atoms with Gasteiger partial charge in [-0.2, -0.15) is 9.61 Å². The lowest BCUT2D eigenvalue weighted by atomic mass is 9.95. The van der Waals surface area contributed by atoms with Crippen LogP contribution in [0.1, 0.15) is 36.9 Å². The summed E-state index contributed by atoms with van der Waals surface area (Å²) in [6.45, 7) is 1.62. The van der Waals surface area contributed by atoms with Crippen LogP contribution in [-0.2, 0) is 12.8 Å². The van der Waals surface area contributed by atoms with Crippen LogP contribution in [0.3, 0.4) is 0 Å². The van der Waals surface area contributed by atoms with E-state index in [1.54, 1.807) is 0 Å². The van der Waals surface area contributed by atoms with E-state index in [0.29, 0.717) is 11.6 Å². The van der Waals surface area contributed by atoms with E-state index in [-0.39, 0.29) is 6.10 Å². The number of rotatable bonds is 2. The number of aliphatic hydroxyl groups is 1. The van der Waals surface area contributed by atoms with Crippen LogP contribution in [0.4, 0.5) is 5.82 Å². The van der Waals surface area contributed by atoms with Crippen molar-refractivity contribution in [3.05, 3.63) is 46.6 Å². The van der Waals surface area contributed by atoms with Crippen LogP contribution in [0.2, 0.25) is 5.02 Å². The van der Waals surface area contributed by atoms with E-state index in [2.05, 4.69) is 4.90 Å². The first kappa shape index (κ1) is 17.0. The van der Waals surface area contributed by atoms with Crippen molar-refractivity contribution in [1.82, 2.24) is 14.6 Å². The van der Waals surface area contributed by atoms with Gasteiger partial charge < -0.3 is 10.0 Å². The van der Waals surface area contributed by atoms with Gasteiger partial charge in [0, 0.05) is 41.0 Å². The van der Waals surface area contributed by atoms with Gasteiger partial charge in [-0.05, 0) is 50.7 Å². The Bertz CT molecular complexity index is 999. The van der Waals surface area contributed by atoms with Gasteiger partial charge in [0.25, 0.3) is 0 Å². The molecule has 0 spiro atoms. The van der Waals surface area contributed by atoms with Crippen LogP contribution >= 0.6 is 11.6 Å². The summed E-state index contributed by atoms with van der Waals surface area (Å²) >= 11 is 6.18. The van der Waals surface area contributed by atoms with Gasteiger partial charge in [0.1, 0.15) is 5.82 Å². The highest BCUT2D eigenvalue weighted by molar-refractivity contribution is 6.30. The number of fused-ring (bicyclic) bond motifs is 2. The monoisotopic (exact) mass is 382 g/mol. The topological polar surface area (TPSA) is 53.7 Å². The van der Waals surface area contributed by atoms with Crippen molar-refractivity contribution < 1.29 is 5.11 Å². The zero-order valence-electron chi connectivity index (χ0n) is 15.2. The minimum absolute atomic E-state index is 0.274. The second-order valence-electron chi connectivity index (χ2n) is 7.62. The molecule has 1 aliphatic carbocycles. The van der Waals surface area contributed by atoms with Crippen LogP contribution in [0.25, 0.3) is 16.9 Å². The zero-order chi connectivity index (χ0) is 18.4. The largest absolute Gasteiger partial charge is 0.391 e. The molecule has 1 fully saturated rings. The summed E-state index contributed by atoms with van der Waals surface area (Å²) < 4.78 is 1.98. The Balaban J connectivity index is 1.70. The van der Waals surface area contributed by atoms with Gasteiger partial charge >= 0.3 is 0 Å². The average molecular weight is 383 g/mol. The standard InChI is InChI=1S/C21H23ClN4O/c22-15-6-3-5-14(11-15)19-12-20-23-18-9-2-1-8-17(18)21(26(20)24-19)25-10-4-7-16(27)13-25/h3,5-6,11-12,16,27H,1-2,4,7-10,13H2/t16-/m0/s1. The number of halogens is 1. The first-order valence-corrected chi connectivity index (χ1v) is 10.2. The lowest BCUT2D eigenvalue weighted by Crippen LogP contribution is -2.40. The number of aromatic nitrogens is 3. The van der Waals surface area contributed by atoms with Gasteiger partial charge in [0.05, 0.1) is 11.8 Å². The molecule has 2 aliphatic rings. The Morgan fingerprint density at radius 1 is 1.11 bits per heavy atom. The molecule has 27 heavy (non-hydrogen) atoms.